The van der Waals surface area contributed by atoms with Crippen LogP contribution < -0.4 is 15.7 Å². The molecule has 16 heteroatoms. The van der Waals surface area contributed by atoms with Gasteiger partial charge in [0.25, 0.3) is 15.9 Å². The Bertz CT molecular complexity index is 1910. The second-order valence-electron chi connectivity index (χ2n) is 15.1. The van der Waals surface area contributed by atoms with Gasteiger partial charge in [0.1, 0.15) is 11.6 Å². The van der Waals surface area contributed by atoms with Crippen LogP contribution in [0.2, 0.25) is 10.0 Å². The molecule has 12 nitrogen and oxygen atoms in total. The molecule has 50 heavy (non-hydrogen) atoms. The van der Waals surface area contributed by atoms with Gasteiger partial charge in [-0.15, -0.1) is 0 Å². The van der Waals surface area contributed by atoms with Crippen LogP contribution in [-0.4, -0.2) is 82.2 Å². The number of anilines is 2. The first-order valence-electron chi connectivity index (χ1n) is 16.5. The molecule has 2 atom stereocenters. The van der Waals surface area contributed by atoms with Gasteiger partial charge in [-0.05, 0) is 90.5 Å². The topological polar surface area (TPSA) is 143 Å². The van der Waals surface area contributed by atoms with Gasteiger partial charge < -0.3 is 19.7 Å². The summed E-state index contributed by atoms with van der Waals surface area (Å²) in [6.45, 7) is 12.7. The van der Waals surface area contributed by atoms with Crippen LogP contribution in [0, 0.1) is 0 Å². The molecule has 268 valence electrons. The minimum Gasteiger partial charge on any atom is -0.399 e. The molecule has 6 rings (SSSR count). The highest BCUT2D eigenvalue weighted by Gasteiger charge is 2.54. The van der Waals surface area contributed by atoms with E-state index < -0.39 is 57.3 Å². The zero-order valence-electron chi connectivity index (χ0n) is 29.2. The van der Waals surface area contributed by atoms with Gasteiger partial charge in [-0.2, -0.15) is 4.31 Å². The van der Waals surface area contributed by atoms with E-state index in [-0.39, 0.29) is 40.5 Å². The smallest absolute Gasteiger partial charge is 0.399 e. The highest BCUT2D eigenvalue weighted by atomic mass is 35.5. The van der Waals surface area contributed by atoms with Crippen molar-refractivity contribution in [3.63, 3.8) is 0 Å². The molecule has 3 aliphatic rings. The number of carbonyl (C=O) groups excluding carboxylic acids is 2. The van der Waals surface area contributed by atoms with Crippen molar-refractivity contribution in [3.05, 3.63) is 64.3 Å². The first-order chi connectivity index (χ1) is 23.1. The van der Waals surface area contributed by atoms with E-state index in [4.69, 9.17) is 32.5 Å². The quantitative estimate of drug-likeness (QED) is 0.311. The Balaban J connectivity index is 1.39. The van der Waals surface area contributed by atoms with Crippen molar-refractivity contribution >= 4 is 69.3 Å². The maximum atomic E-state index is 14.6. The number of hydrogen-bond acceptors (Lipinski definition) is 8. The zero-order valence-corrected chi connectivity index (χ0v) is 31.5. The monoisotopic (exact) mass is 745 g/mol. The standard InChI is InChI=1S/C34H42BCl2N5O7S/c1-31(2,45)20-39-28(43)26-9-8-14-40(26)50(46,47)27-19-38-30-41(25-16-23(36)15-24(37)17-25)29(44)34(7,42(27)30)18-21-10-12-22(13-11-21)35-48-32(3,4)33(5,6)49-35/h10-13,15-17,19,26,45H,8-9,14,18,20H2,1-7H3,(H,39,43)/t26-,34+/m0/s1. The zero-order chi connectivity index (χ0) is 36.6. The van der Waals surface area contributed by atoms with Crippen LogP contribution in [0.3, 0.4) is 0 Å². The van der Waals surface area contributed by atoms with Gasteiger partial charge in [-0.3, -0.25) is 14.2 Å². The number of rotatable bonds is 9. The Kier molecular flexibility index (Phi) is 9.28. The second-order valence-corrected chi connectivity index (χ2v) is 17.8. The first-order valence-corrected chi connectivity index (χ1v) is 18.7. The predicted octanol–water partition coefficient (Wildman–Crippen LogP) is 4.17. The van der Waals surface area contributed by atoms with Crippen molar-refractivity contribution in [3.8, 4) is 0 Å². The summed E-state index contributed by atoms with van der Waals surface area (Å²) in [6, 6.07) is 11.2. The van der Waals surface area contributed by atoms with Crippen LogP contribution in [-0.2, 0) is 40.9 Å². The molecule has 3 aliphatic heterocycles. The number of aromatic nitrogens is 2. The maximum absolute atomic E-state index is 14.6. The van der Waals surface area contributed by atoms with Crippen molar-refractivity contribution < 1.29 is 32.4 Å². The number of carbonyl (C=O) groups is 2. The lowest BCUT2D eigenvalue weighted by Gasteiger charge is -2.32. The molecule has 1 aromatic heterocycles. The molecule has 0 spiro atoms. The van der Waals surface area contributed by atoms with Crippen LogP contribution in [0.5, 0.6) is 0 Å². The van der Waals surface area contributed by atoms with Gasteiger partial charge in [0.15, 0.2) is 5.03 Å². The Morgan fingerprint density at radius 2 is 1.66 bits per heavy atom. The summed E-state index contributed by atoms with van der Waals surface area (Å²) in [7, 11) is -4.95. The number of nitrogens with one attached hydrogen (secondary N) is 1. The van der Waals surface area contributed by atoms with Crippen molar-refractivity contribution in [1.82, 2.24) is 19.2 Å². The van der Waals surface area contributed by atoms with Gasteiger partial charge in [0, 0.05) is 29.6 Å². The molecule has 0 radical (unpaired) electrons. The summed E-state index contributed by atoms with van der Waals surface area (Å²) in [5, 5.41) is 13.2. The molecule has 4 heterocycles. The summed E-state index contributed by atoms with van der Waals surface area (Å²) in [5.41, 5.74) is -1.81. The SMILES string of the molecule is CC(C)(O)CNC(=O)[C@@H]1CCCN1S(=O)(=O)c1cnc2n1[C@](C)(Cc1ccc(B3OC(C)(C)C(C)(C)O3)cc1)C(=O)N2c1cc(Cl)cc(Cl)c1. The summed E-state index contributed by atoms with van der Waals surface area (Å²) >= 11 is 12.7. The molecule has 2 aromatic carbocycles. The molecule has 0 unspecified atom stereocenters. The van der Waals surface area contributed by atoms with Crippen LogP contribution in [0.4, 0.5) is 11.6 Å². The Morgan fingerprint density at radius 1 is 1.06 bits per heavy atom. The number of nitrogens with zero attached hydrogens (tertiary/aromatic N) is 4. The van der Waals surface area contributed by atoms with E-state index >= 15 is 0 Å². The largest absolute Gasteiger partial charge is 0.494 e. The highest BCUT2D eigenvalue weighted by molar-refractivity contribution is 7.89. The molecule has 2 N–H and O–H groups in total. The lowest BCUT2D eigenvalue weighted by atomic mass is 9.78. The fourth-order valence-corrected chi connectivity index (χ4v) is 8.97. The normalized spacial score (nSPS) is 23.5. The summed E-state index contributed by atoms with van der Waals surface area (Å²) in [5.74, 6) is -0.873. The fraction of sp³-hybridized carbons (Fsp3) is 0.500. The molecule has 0 saturated carbocycles. The van der Waals surface area contributed by atoms with Crippen molar-refractivity contribution in [2.45, 2.75) is 101 Å². The number of amides is 2. The second kappa shape index (κ2) is 12.6. The fourth-order valence-electron chi connectivity index (χ4n) is 6.61. The number of fused-ring (bicyclic) bond motifs is 1. The van der Waals surface area contributed by atoms with Gasteiger partial charge in [-0.25, -0.2) is 18.3 Å². The van der Waals surface area contributed by atoms with Crippen LogP contribution in [0.25, 0.3) is 0 Å². The summed E-state index contributed by atoms with van der Waals surface area (Å²) in [6.07, 6.45) is 2.08. The molecule has 2 fully saturated rings. The van der Waals surface area contributed by atoms with Crippen molar-refractivity contribution in [2.75, 3.05) is 18.0 Å². The third kappa shape index (κ3) is 6.48. The number of benzene rings is 2. The lowest BCUT2D eigenvalue weighted by Crippen LogP contribution is -2.49. The number of imidazole rings is 1. The molecule has 0 aliphatic carbocycles. The third-order valence-electron chi connectivity index (χ3n) is 10.0. The number of hydrogen-bond donors (Lipinski definition) is 2. The van der Waals surface area contributed by atoms with E-state index in [1.54, 1.807) is 32.9 Å². The van der Waals surface area contributed by atoms with Gasteiger partial charge in [-0.1, -0.05) is 47.5 Å². The van der Waals surface area contributed by atoms with Crippen LogP contribution >= 0.6 is 23.2 Å². The molecular formula is C34H42BCl2N5O7S. The average Bonchev–Trinajstić information content (AvgIpc) is 3.76. The summed E-state index contributed by atoms with van der Waals surface area (Å²) < 4.78 is 44.0. The average molecular weight is 747 g/mol. The first kappa shape index (κ1) is 36.8. The van der Waals surface area contributed by atoms with E-state index in [0.717, 1.165) is 15.3 Å². The van der Waals surface area contributed by atoms with E-state index in [2.05, 4.69) is 10.3 Å². The summed E-state index contributed by atoms with van der Waals surface area (Å²) in [4.78, 5) is 33.6. The molecule has 2 saturated heterocycles. The molecule has 2 amide bonds. The van der Waals surface area contributed by atoms with Crippen LogP contribution in [0.1, 0.15) is 66.9 Å². The van der Waals surface area contributed by atoms with Crippen molar-refractivity contribution in [2.24, 2.45) is 0 Å². The minimum atomic E-state index is -4.37. The van der Waals surface area contributed by atoms with E-state index in [1.165, 1.54) is 21.7 Å². The molecular weight excluding hydrogens is 704 g/mol. The van der Waals surface area contributed by atoms with Gasteiger partial charge in [0.2, 0.25) is 11.9 Å². The van der Waals surface area contributed by atoms with Gasteiger partial charge in [0.05, 0.1) is 28.7 Å². The van der Waals surface area contributed by atoms with Crippen LogP contribution in [0.15, 0.2) is 53.7 Å². The lowest BCUT2D eigenvalue weighted by molar-refractivity contribution is -0.125. The number of sulfonamides is 1. The van der Waals surface area contributed by atoms with Crippen molar-refractivity contribution in [1.29, 1.82) is 0 Å². The Morgan fingerprint density at radius 3 is 2.24 bits per heavy atom. The minimum absolute atomic E-state index is 0.0463. The Labute approximate surface area is 303 Å². The highest BCUT2D eigenvalue weighted by Crippen LogP contribution is 2.45. The van der Waals surface area contributed by atoms with Gasteiger partial charge >= 0.3 is 7.12 Å². The molecule has 3 aromatic rings. The van der Waals surface area contributed by atoms with E-state index in [1.807, 2.05) is 52.0 Å². The third-order valence-corrected chi connectivity index (χ3v) is 12.3. The maximum Gasteiger partial charge on any atom is 0.494 e. The predicted molar refractivity (Wildman–Crippen MR) is 192 cm³/mol. The van der Waals surface area contributed by atoms with E-state index in [0.29, 0.717) is 18.5 Å². The number of aliphatic hydroxyl groups is 1. The number of halogens is 2. The molecule has 0 bridgehead atoms. The van der Waals surface area contributed by atoms with E-state index in [9.17, 15) is 23.1 Å². The Hall–Kier alpha value is -2.98.